The second-order valence-corrected chi connectivity index (χ2v) is 5.01. The van der Waals surface area contributed by atoms with Crippen LogP contribution in [-0.2, 0) is 16.1 Å². The Bertz CT molecular complexity index is 453. The van der Waals surface area contributed by atoms with Gasteiger partial charge >= 0.3 is 5.97 Å². The molecule has 0 radical (unpaired) electrons. The lowest BCUT2D eigenvalue weighted by Gasteiger charge is -2.10. The molecule has 5 heteroatoms. The Labute approximate surface area is 118 Å². The number of ether oxygens (including phenoxy) is 1. The van der Waals surface area contributed by atoms with Gasteiger partial charge in [0.1, 0.15) is 0 Å². The molecule has 1 rings (SSSR count). The molecule has 0 saturated heterocycles. The zero-order valence-electron chi connectivity index (χ0n) is 12.1. The van der Waals surface area contributed by atoms with Crippen molar-refractivity contribution in [3.63, 3.8) is 0 Å². The van der Waals surface area contributed by atoms with Crippen molar-refractivity contribution < 1.29 is 19.4 Å². The van der Waals surface area contributed by atoms with Crippen molar-refractivity contribution in [2.45, 2.75) is 33.5 Å². The molecule has 0 bridgehead atoms. The maximum Gasteiger partial charge on any atom is 0.308 e. The Morgan fingerprint density at radius 2 is 1.80 bits per heavy atom. The third kappa shape index (κ3) is 5.40. The lowest BCUT2D eigenvalue weighted by atomic mass is 10.1. The van der Waals surface area contributed by atoms with E-state index in [-0.39, 0.29) is 18.6 Å². The van der Waals surface area contributed by atoms with Crippen molar-refractivity contribution in [3.8, 4) is 0 Å². The van der Waals surface area contributed by atoms with Gasteiger partial charge in [-0.25, -0.2) is 0 Å². The number of carboxylic acid groups (broad SMARTS) is 1. The smallest absolute Gasteiger partial charge is 0.308 e. The van der Waals surface area contributed by atoms with Gasteiger partial charge in [-0.3, -0.25) is 9.59 Å². The fourth-order valence-electron chi connectivity index (χ4n) is 1.45. The van der Waals surface area contributed by atoms with Crippen LogP contribution < -0.4 is 5.32 Å². The minimum atomic E-state index is -0.925. The molecule has 0 aliphatic heterocycles. The van der Waals surface area contributed by atoms with E-state index in [1.54, 1.807) is 19.1 Å². The third-order valence-electron chi connectivity index (χ3n) is 2.79. The van der Waals surface area contributed by atoms with Crippen LogP contribution in [0.1, 0.15) is 36.7 Å². The van der Waals surface area contributed by atoms with Crippen LogP contribution in [0.4, 0.5) is 0 Å². The number of amides is 1. The molecular weight excluding hydrogens is 258 g/mol. The van der Waals surface area contributed by atoms with Gasteiger partial charge in [-0.1, -0.05) is 19.1 Å². The van der Waals surface area contributed by atoms with Gasteiger partial charge in [0.2, 0.25) is 0 Å². The van der Waals surface area contributed by atoms with E-state index in [0.717, 1.165) is 5.56 Å². The average molecular weight is 279 g/mol. The second kappa shape index (κ2) is 7.65. The van der Waals surface area contributed by atoms with E-state index in [4.69, 9.17) is 9.84 Å². The molecule has 2 N–H and O–H groups in total. The molecule has 0 saturated carbocycles. The van der Waals surface area contributed by atoms with Gasteiger partial charge in [-0.2, -0.15) is 0 Å². The maximum absolute atomic E-state index is 11.8. The van der Waals surface area contributed by atoms with Crippen molar-refractivity contribution in [1.29, 1.82) is 0 Å². The summed E-state index contributed by atoms with van der Waals surface area (Å²) in [4.78, 5) is 22.5. The van der Waals surface area contributed by atoms with Gasteiger partial charge in [0, 0.05) is 12.1 Å². The first-order chi connectivity index (χ1) is 9.40. The number of carbonyl (C=O) groups excluding carboxylic acids is 1. The molecule has 0 heterocycles. The SMILES string of the molecule is CC(C)OCc1ccc(C(=O)NCC(C)C(=O)O)cc1. The molecule has 0 spiro atoms. The minimum Gasteiger partial charge on any atom is -0.481 e. The highest BCUT2D eigenvalue weighted by atomic mass is 16.5. The van der Waals surface area contributed by atoms with Crippen molar-refractivity contribution in [2.75, 3.05) is 6.54 Å². The van der Waals surface area contributed by atoms with Crippen LogP contribution in [0.5, 0.6) is 0 Å². The number of benzene rings is 1. The lowest BCUT2D eigenvalue weighted by Crippen LogP contribution is -2.31. The highest BCUT2D eigenvalue weighted by molar-refractivity contribution is 5.94. The van der Waals surface area contributed by atoms with E-state index in [0.29, 0.717) is 12.2 Å². The molecule has 5 nitrogen and oxygen atoms in total. The van der Waals surface area contributed by atoms with Crippen molar-refractivity contribution >= 4 is 11.9 Å². The van der Waals surface area contributed by atoms with Crippen molar-refractivity contribution in [1.82, 2.24) is 5.32 Å². The number of aliphatic carboxylic acids is 1. The molecule has 1 aromatic rings. The minimum absolute atomic E-state index is 0.117. The molecule has 0 aliphatic carbocycles. The van der Waals surface area contributed by atoms with Crippen LogP contribution in [0.25, 0.3) is 0 Å². The molecule has 20 heavy (non-hydrogen) atoms. The van der Waals surface area contributed by atoms with Gasteiger partial charge in [-0.15, -0.1) is 0 Å². The largest absolute Gasteiger partial charge is 0.481 e. The van der Waals surface area contributed by atoms with Crippen LogP contribution in [0.2, 0.25) is 0 Å². The summed E-state index contributed by atoms with van der Waals surface area (Å²) in [7, 11) is 0. The molecular formula is C15H21NO4. The van der Waals surface area contributed by atoms with Crippen LogP contribution in [0, 0.1) is 5.92 Å². The standard InChI is InChI=1S/C15H21NO4/c1-10(2)20-9-12-4-6-13(7-5-12)14(17)16-8-11(3)15(18)19/h4-7,10-11H,8-9H2,1-3H3,(H,16,17)(H,18,19). The molecule has 0 aromatic heterocycles. The van der Waals surface area contributed by atoms with Crippen LogP contribution >= 0.6 is 0 Å². The van der Waals surface area contributed by atoms with Gasteiger partial charge < -0.3 is 15.2 Å². The Hall–Kier alpha value is -1.88. The summed E-state index contributed by atoms with van der Waals surface area (Å²) in [5, 5.41) is 11.3. The number of nitrogens with one attached hydrogen (secondary N) is 1. The van der Waals surface area contributed by atoms with E-state index >= 15 is 0 Å². The molecule has 110 valence electrons. The summed E-state index contributed by atoms with van der Waals surface area (Å²) in [5.74, 6) is -1.79. The van der Waals surface area contributed by atoms with E-state index in [2.05, 4.69) is 5.32 Å². The van der Waals surface area contributed by atoms with Crippen LogP contribution in [-0.4, -0.2) is 29.6 Å². The van der Waals surface area contributed by atoms with Gasteiger partial charge in [0.05, 0.1) is 18.6 Å². The molecule has 1 aromatic carbocycles. The van der Waals surface area contributed by atoms with Gasteiger partial charge in [0.25, 0.3) is 5.91 Å². The van der Waals surface area contributed by atoms with E-state index in [1.165, 1.54) is 0 Å². The number of hydrogen-bond acceptors (Lipinski definition) is 3. The van der Waals surface area contributed by atoms with Crippen LogP contribution in [0.15, 0.2) is 24.3 Å². The summed E-state index contributed by atoms with van der Waals surface area (Å²) in [6, 6.07) is 7.08. The number of hydrogen-bond donors (Lipinski definition) is 2. The normalized spacial score (nSPS) is 12.2. The first-order valence-electron chi connectivity index (χ1n) is 6.61. The predicted molar refractivity (Wildman–Crippen MR) is 75.5 cm³/mol. The summed E-state index contributed by atoms with van der Waals surface area (Å²) in [6.07, 6.45) is 0.162. The maximum atomic E-state index is 11.8. The highest BCUT2D eigenvalue weighted by Crippen LogP contribution is 2.07. The molecule has 1 atom stereocenters. The lowest BCUT2D eigenvalue weighted by molar-refractivity contribution is -0.140. The summed E-state index contributed by atoms with van der Waals surface area (Å²) in [5.41, 5.74) is 1.50. The van der Waals surface area contributed by atoms with Gasteiger partial charge in [0.15, 0.2) is 0 Å². The third-order valence-corrected chi connectivity index (χ3v) is 2.79. The Morgan fingerprint density at radius 1 is 1.20 bits per heavy atom. The predicted octanol–water partition coefficient (Wildman–Crippen LogP) is 2.06. The fraction of sp³-hybridized carbons (Fsp3) is 0.467. The summed E-state index contributed by atoms with van der Waals surface area (Å²) in [6.45, 7) is 6.10. The zero-order chi connectivity index (χ0) is 15.1. The topological polar surface area (TPSA) is 75.6 Å². The highest BCUT2D eigenvalue weighted by Gasteiger charge is 2.13. The Morgan fingerprint density at radius 3 is 2.30 bits per heavy atom. The fourth-order valence-corrected chi connectivity index (χ4v) is 1.45. The average Bonchev–Trinajstić information content (AvgIpc) is 2.42. The Kier molecular flexibility index (Phi) is 6.18. The Balaban J connectivity index is 2.51. The summed E-state index contributed by atoms with van der Waals surface area (Å²) < 4.78 is 5.47. The van der Waals surface area contributed by atoms with E-state index < -0.39 is 11.9 Å². The van der Waals surface area contributed by atoms with E-state index in [9.17, 15) is 9.59 Å². The second-order valence-electron chi connectivity index (χ2n) is 5.01. The molecule has 0 aliphatic rings. The zero-order valence-corrected chi connectivity index (χ0v) is 12.1. The van der Waals surface area contributed by atoms with Gasteiger partial charge in [-0.05, 0) is 31.5 Å². The number of carbonyl (C=O) groups is 2. The van der Waals surface area contributed by atoms with Crippen molar-refractivity contribution in [2.24, 2.45) is 5.92 Å². The van der Waals surface area contributed by atoms with Crippen LogP contribution in [0.3, 0.4) is 0 Å². The van der Waals surface area contributed by atoms with E-state index in [1.807, 2.05) is 26.0 Å². The first-order valence-corrected chi connectivity index (χ1v) is 6.61. The first kappa shape index (κ1) is 16.2. The molecule has 1 amide bonds. The molecule has 1 unspecified atom stereocenters. The summed E-state index contributed by atoms with van der Waals surface area (Å²) >= 11 is 0. The van der Waals surface area contributed by atoms with Crippen molar-refractivity contribution in [3.05, 3.63) is 35.4 Å². The quantitative estimate of drug-likeness (QED) is 0.801. The monoisotopic (exact) mass is 279 g/mol. The molecule has 0 fully saturated rings. The number of rotatable bonds is 7. The number of carboxylic acids is 1.